The monoisotopic (exact) mass is 225 g/mol. The van der Waals surface area contributed by atoms with E-state index in [0.29, 0.717) is 11.6 Å². The summed E-state index contributed by atoms with van der Waals surface area (Å²) in [5, 5.41) is 0.710. The highest BCUT2D eigenvalue weighted by Crippen LogP contribution is 2.40. The fraction of sp³-hybridized carbons (Fsp3) is 0.500. The highest BCUT2D eigenvalue weighted by molar-refractivity contribution is 6.32. The molecule has 3 heteroatoms. The second-order valence-corrected chi connectivity index (χ2v) is 5.05. The van der Waals surface area contributed by atoms with Crippen LogP contribution in [0.2, 0.25) is 5.02 Å². The van der Waals surface area contributed by atoms with Gasteiger partial charge in [0.1, 0.15) is 11.4 Å². The van der Waals surface area contributed by atoms with Crippen LogP contribution in [-0.4, -0.2) is 12.1 Å². The number of benzene rings is 1. The smallest absolute Gasteiger partial charge is 0.142 e. The maximum absolute atomic E-state index is 6.17. The van der Waals surface area contributed by atoms with Gasteiger partial charge >= 0.3 is 0 Å². The Bertz CT molecular complexity index is 387. The molecule has 2 N–H and O–H groups in total. The lowest BCUT2D eigenvalue weighted by Crippen LogP contribution is -2.24. The highest BCUT2D eigenvalue weighted by atomic mass is 35.5. The molecule has 0 atom stereocenters. The summed E-state index contributed by atoms with van der Waals surface area (Å²) in [4.78, 5) is 0. The molecule has 82 valence electrons. The van der Waals surface area contributed by atoms with Crippen LogP contribution < -0.4 is 10.5 Å². The number of nitrogens with two attached hydrogens (primary N) is 1. The largest absolute Gasteiger partial charge is 0.486 e. The summed E-state index contributed by atoms with van der Waals surface area (Å²) in [7, 11) is 0. The van der Waals surface area contributed by atoms with Gasteiger partial charge in [-0.05, 0) is 44.0 Å². The lowest BCUT2D eigenvalue weighted by Gasteiger charge is -2.17. The van der Waals surface area contributed by atoms with Crippen LogP contribution in [0, 0.1) is 0 Å². The van der Waals surface area contributed by atoms with Crippen molar-refractivity contribution in [1.29, 1.82) is 0 Å². The first-order valence-corrected chi connectivity index (χ1v) is 5.60. The molecule has 1 aromatic carbocycles. The Hall–Kier alpha value is -0.730. The van der Waals surface area contributed by atoms with Crippen LogP contribution in [0.15, 0.2) is 12.1 Å². The van der Waals surface area contributed by atoms with E-state index in [4.69, 9.17) is 22.1 Å². The molecule has 0 radical (unpaired) electrons. The van der Waals surface area contributed by atoms with Crippen molar-refractivity contribution in [3.8, 4) is 5.75 Å². The zero-order valence-electron chi connectivity index (χ0n) is 9.14. The van der Waals surface area contributed by atoms with E-state index in [1.54, 1.807) is 0 Å². The summed E-state index contributed by atoms with van der Waals surface area (Å²) in [6.45, 7) is 4.80. The Morgan fingerprint density at radius 3 is 2.87 bits per heavy atom. The van der Waals surface area contributed by atoms with Crippen molar-refractivity contribution in [3.63, 3.8) is 0 Å². The number of halogens is 1. The summed E-state index contributed by atoms with van der Waals surface area (Å²) in [6.07, 6.45) is 1.79. The minimum Gasteiger partial charge on any atom is -0.486 e. The van der Waals surface area contributed by atoms with E-state index in [1.165, 1.54) is 11.1 Å². The first-order chi connectivity index (χ1) is 7.02. The number of ether oxygens (including phenoxy) is 1. The van der Waals surface area contributed by atoms with Crippen molar-refractivity contribution in [2.24, 2.45) is 5.73 Å². The van der Waals surface area contributed by atoms with Crippen molar-refractivity contribution in [2.45, 2.75) is 32.3 Å². The third kappa shape index (κ3) is 2.11. The standard InChI is InChI=1S/C12H16ClNO/c1-12(2)7-9-5-8(3-4-14)6-10(13)11(9)15-12/h5-6H,3-4,7,14H2,1-2H3. The predicted molar refractivity (Wildman–Crippen MR) is 62.6 cm³/mol. The van der Waals surface area contributed by atoms with E-state index in [9.17, 15) is 0 Å². The SMILES string of the molecule is CC1(C)Cc2cc(CCN)cc(Cl)c2O1. The van der Waals surface area contributed by atoms with Crippen LogP contribution in [0.1, 0.15) is 25.0 Å². The number of hydrogen-bond acceptors (Lipinski definition) is 2. The summed E-state index contributed by atoms with van der Waals surface area (Å²) in [5.74, 6) is 0.849. The van der Waals surface area contributed by atoms with Gasteiger partial charge in [0, 0.05) is 6.42 Å². The molecule has 0 fully saturated rings. The van der Waals surface area contributed by atoms with E-state index in [1.807, 2.05) is 6.07 Å². The third-order valence-corrected chi connectivity index (χ3v) is 2.89. The molecule has 0 saturated heterocycles. The Labute approximate surface area is 95.4 Å². The molecule has 15 heavy (non-hydrogen) atoms. The molecule has 0 aliphatic carbocycles. The second kappa shape index (κ2) is 3.69. The van der Waals surface area contributed by atoms with E-state index in [2.05, 4.69) is 19.9 Å². The van der Waals surface area contributed by atoms with Gasteiger partial charge in [-0.2, -0.15) is 0 Å². The quantitative estimate of drug-likeness (QED) is 0.840. The summed E-state index contributed by atoms with van der Waals surface area (Å²) < 4.78 is 5.79. The predicted octanol–water partition coefficient (Wildman–Crippen LogP) is 2.55. The number of fused-ring (bicyclic) bond motifs is 1. The van der Waals surface area contributed by atoms with Crippen molar-refractivity contribution >= 4 is 11.6 Å². The Kier molecular flexibility index (Phi) is 2.65. The molecular weight excluding hydrogens is 210 g/mol. The van der Waals surface area contributed by atoms with E-state index < -0.39 is 0 Å². The van der Waals surface area contributed by atoms with Crippen LogP contribution in [-0.2, 0) is 12.8 Å². The van der Waals surface area contributed by atoms with E-state index in [0.717, 1.165) is 18.6 Å². The number of hydrogen-bond donors (Lipinski definition) is 1. The molecule has 0 amide bonds. The molecule has 1 aliphatic rings. The Morgan fingerprint density at radius 2 is 2.20 bits per heavy atom. The minimum absolute atomic E-state index is 0.132. The van der Waals surface area contributed by atoms with E-state index >= 15 is 0 Å². The average molecular weight is 226 g/mol. The normalized spacial score (nSPS) is 17.3. The van der Waals surface area contributed by atoms with Gasteiger partial charge in [-0.3, -0.25) is 0 Å². The topological polar surface area (TPSA) is 35.2 Å². The Morgan fingerprint density at radius 1 is 1.47 bits per heavy atom. The second-order valence-electron chi connectivity index (χ2n) is 4.64. The fourth-order valence-electron chi connectivity index (χ4n) is 2.04. The van der Waals surface area contributed by atoms with Crippen molar-refractivity contribution < 1.29 is 4.74 Å². The van der Waals surface area contributed by atoms with Crippen LogP contribution in [0.25, 0.3) is 0 Å². The molecule has 0 bridgehead atoms. The molecule has 0 spiro atoms. The molecular formula is C12H16ClNO. The zero-order chi connectivity index (χ0) is 11.1. The molecule has 1 aromatic rings. The van der Waals surface area contributed by atoms with Gasteiger partial charge in [0.2, 0.25) is 0 Å². The van der Waals surface area contributed by atoms with Gasteiger partial charge in [-0.1, -0.05) is 17.7 Å². The third-order valence-electron chi connectivity index (χ3n) is 2.61. The molecule has 0 aromatic heterocycles. The molecule has 2 rings (SSSR count). The van der Waals surface area contributed by atoms with E-state index in [-0.39, 0.29) is 5.60 Å². The van der Waals surface area contributed by atoms with Gasteiger partial charge < -0.3 is 10.5 Å². The highest BCUT2D eigenvalue weighted by Gasteiger charge is 2.31. The lowest BCUT2D eigenvalue weighted by atomic mass is 9.99. The van der Waals surface area contributed by atoms with Crippen molar-refractivity contribution in [3.05, 3.63) is 28.3 Å². The first kappa shape index (κ1) is 10.8. The molecule has 1 aliphatic heterocycles. The fourth-order valence-corrected chi connectivity index (χ4v) is 2.34. The molecule has 0 unspecified atom stereocenters. The van der Waals surface area contributed by atoms with Gasteiger partial charge in [0.15, 0.2) is 0 Å². The maximum Gasteiger partial charge on any atom is 0.142 e. The van der Waals surface area contributed by atoms with Crippen LogP contribution in [0.4, 0.5) is 0 Å². The summed E-state index contributed by atoms with van der Waals surface area (Å²) in [5.41, 5.74) is 7.80. The number of rotatable bonds is 2. The average Bonchev–Trinajstić information content (AvgIpc) is 2.41. The van der Waals surface area contributed by atoms with Crippen LogP contribution in [0.3, 0.4) is 0 Å². The maximum atomic E-state index is 6.17. The first-order valence-electron chi connectivity index (χ1n) is 5.22. The zero-order valence-corrected chi connectivity index (χ0v) is 9.90. The summed E-state index contributed by atoms with van der Waals surface area (Å²) >= 11 is 6.17. The van der Waals surface area contributed by atoms with Crippen molar-refractivity contribution in [1.82, 2.24) is 0 Å². The summed E-state index contributed by atoms with van der Waals surface area (Å²) in [6, 6.07) is 4.11. The van der Waals surface area contributed by atoms with Gasteiger partial charge in [-0.25, -0.2) is 0 Å². The van der Waals surface area contributed by atoms with Crippen LogP contribution in [0.5, 0.6) is 5.75 Å². The molecule has 0 saturated carbocycles. The van der Waals surface area contributed by atoms with Gasteiger partial charge in [-0.15, -0.1) is 0 Å². The molecule has 1 heterocycles. The Balaban J connectivity index is 2.38. The van der Waals surface area contributed by atoms with Crippen molar-refractivity contribution in [2.75, 3.05) is 6.54 Å². The lowest BCUT2D eigenvalue weighted by molar-refractivity contribution is 0.138. The van der Waals surface area contributed by atoms with Crippen LogP contribution >= 0.6 is 11.6 Å². The van der Waals surface area contributed by atoms with Gasteiger partial charge in [0.25, 0.3) is 0 Å². The van der Waals surface area contributed by atoms with Gasteiger partial charge in [0.05, 0.1) is 5.02 Å². The molecule has 2 nitrogen and oxygen atoms in total. The minimum atomic E-state index is -0.132.